The van der Waals surface area contributed by atoms with Gasteiger partial charge in [0.2, 0.25) is 0 Å². The highest BCUT2D eigenvalue weighted by atomic mass is 32.2. The SMILES string of the molecule is CCc1ccc(NC(=O)COc2ccc(/C=C3\SC(=S)N(c4ccc(OC)cc4)C3=O)cc2)cc1. The standard InChI is InChI=1S/C27H24N2O4S2/c1-3-18-4-8-20(9-5-18)28-25(30)17-33-23-12-6-19(7-13-23)16-24-26(31)29(27(34)35-24)21-10-14-22(32-2)15-11-21/h4-16H,3,17H2,1-2H3,(H,28,30)/b24-16-. The Bertz CT molecular complexity index is 1250. The highest BCUT2D eigenvalue weighted by molar-refractivity contribution is 8.27. The van der Waals surface area contributed by atoms with Gasteiger partial charge in [0.15, 0.2) is 10.9 Å². The number of methoxy groups -OCH3 is 1. The first kappa shape index (κ1) is 24.5. The van der Waals surface area contributed by atoms with Crippen LogP contribution in [-0.2, 0) is 16.0 Å². The average molecular weight is 505 g/mol. The molecule has 6 nitrogen and oxygen atoms in total. The van der Waals surface area contributed by atoms with E-state index < -0.39 is 0 Å². The number of hydrogen-bond donors (Lipinski definition) is 1. The Morgan fingerprint density at radius 1 is 1.00 bits per heavy atom. The van der Waals surface area contributed by atoms with Gasteiger partial charge in [-0.05, 0) is 72.2 Å². The highest BCUT2D eigenvalue weighted by Gasteiger charge is 2.33. The topological polar surface area (TPSA) is 67.9 Å². The second kappa shape index (κ2) is 11.2. The van der Waals surface area contributed by atoms with Crippen molar-refractivity contribution < 1.29 is 19.1 Å². The molecule has 0 unspecified atom stereocenters. The second-order valence-corrected chi connectivity index (χ2v) is 9.35. The number of nitrogens with one attached hydrogen (secondary N) is 1. The van der Waals surface area contributed by atoms with Crippen LogP contribution in [0.15, 0.2) is 77.7 Å². The Morgan fingerprint density at radius 3 is 2.29 bits per heavy atom. The van der Waals surface area contributed by atoms with Crippen molar-refractivity contribution in [1.82, 2.24) is 0 Å². The molecule has 0 atom stereocenters. The van der Waals surface area contributed by atoms with Crippen LogP contribution in [0.5, 0.6) is 11.5 Å². The van der Waals surface area contributed by atoms with Gasteiger partial charge in [-0.3, -0.25) is 14.5 Å². The molecular formula is C27H24N2O4S2. The van der Waals surface area contributed by atoms with Crippen LogP contribution >= 0.6 is 24.0 Å². The molecule has 1 saturated heterocycles. The summed E-state index contributed by atoms with van der Waals surface area (Å²) in [6, 6.07) is 22.1. The molecular weight excluding hydrogens is 480 g/mol. The fourth-order valence-electron chi connectivity index (χ4n) is 3.40. The molecule has 0 aliphatic carbocycles. The number of carbonyl (C=O) groups excluding carboxylic acids is 2. The molecule has 0 bridgehead atoms. The summed E-state index contributed by atoms with van der Waals surface area (Å²) in [5.74, 6) is 0.860. The number of ether oxygens (including phenoxy) is 2. The van der Waals surface area contributed by atoms with Crippen molar-refractivity contribution in [2.24, 2.45) is 0 Å². The third-order valence-corrected chi connectivity index (χ3v) is 6.62. The first-order valence-electron chi connectivity index (χ1n) is 11.0. The number of anilines is 2. The maximum Gasteiger partial charge on any atom is 0.270 e. The maximum atomic E-state index is 13.0. The van der Waals surface area contributed by atoms with Gasteiger partial charge in [-0.1, -0.05) is 55.2 Å². The molecule has 0 saturated carbocycles. The van der Waals surface area contributed by atoms with E-state index >= 15 is 0 Å². The van der Waals surface area contributed by atoms with Crippen molar-refractivity contribution in [3.8, 4) is 11.5 Å². The Hall–Kier alpha value is -3.62. The predicted octanol–water partition coefficient (Wildman–Crippen LogP) is 5.68. The Labute approximate surface area is 213 Å². The van der Waals surface area contributed by atoms with E-state index in [2.05, 4.69) is 12.2 Å². The normalized spacial score (nSPS) is 14.3. The molecule has 1 aliphatic rings. The lowest BCUT2D eigenvalue weighted by atomic mass is 10.1. The van der Waals surface area contributed by atoms with Gasteiger partial charge in [0.25, 0.3) is 11.8 Å². The van der Waals surface area contributed by atoms with E-state index in [9.17, 15) is 9.59 Å². The highest BCUT2D eigenvalue weighted by Crippen LogP contribution is 2.36. The zero-order chi connectivity index (χ0) is 24.8. The van der Waals surface area contributed by atoms with Gasteiger partial charge < -0.3 is 14.8 Å². The van der Waals surface area contributed by atoms with E-state index in [1.165, 1.54) is 22.2 Å². The summed E-state index contributed by atoms with van der Waals surface area (Å²) in [6.45, 7) is 1.98. The number of benzene rings is 3. The van der Waals surface area contributed by atoms with E-state index in [0.717, 1.165) is 17.7 Å². The van der Waals surface area contributed by atoms with Crippen LogP contribution in [-0.4, -0.2) is 29.9 Å². The number of hydrogen-bond acceptors (Lipinski definition) is 6. The van der Waals surface area contributed by atoms with Crippen LogP contribution < -0.4 is 19.7 Å². The third-order valence-electron chi connectivity index (χ3n) is 5.32. The van der Waals surface area contributed by atoms with Crippen molar-refractivity contribution >= 4 is 57.6 Å². The molecule has 1 N–H and O–H groups in total. The van der Waals surface area contributed by atoms with Crippen molar-refractivity contribution in [3.05, 3.63) is 88.8 Å². The molecule has 3 aromatic carbocycles. The molecule has 0 radical (unpaired) electrons. The first-order valence-corrected chi connectivity index (χ1v) is 12.2. The van der Waals surface area contributed by atoms with Gasteiger partial charge in [0.05, 0.1) is 17.7 Å². The summed E-state index contributed by atoms with van der Waals surface area (Å²) in [4.78, 5) is 27.2. The monoisotopic (exact) mass is 504 g/mol. The van der Waals surface area contributed by atoms with Crippen LogP contribution in [0.4, 0.5) is 11.4 Å². The molecule has 35 heavy (non-hydrogen) atoms. The lowest BCUT2D eigenvalue weighted by molar-refractivity contribution is -0.118. The summed E-state index contributed by atoms with van der Waals surface area (Å²) >= 11 is 6.69. The van der Waals surface area contributed by atoms with Crippen molar-refractivity contribution in [1.29, 1.82) is 0 Å². The van der Waals surface area contributed by atoms with Crippen molar-refractivity contribution in [2.45, 2.75) is 13.3 Å². The molecule has 4 rings (SSSR count). The predicted molar refractivity (Wildman–Crippen MR) is 145 cm³/mol. The fourth-order valence-corrected chi connectivity index (χ4v) is 4.70. The molecule has 1 aliphatic heterocycles. The average Bonchev–Trinajstić information content (AvgIpc) is 3.16. The van der Waals surface area contributed by atoms with Crippen LogP contribution in [0.25, 0.3) is 6.08 Å². The number of thiocarbonyl (C=S) groups is 1. The molecule has 0 spiro atoms. The maximum absolute atomic E-state index is 13.0. The molecule has 1 heterocycles. The van der Waals surface area contributed by atoms with E-state index in [4.69, 9.17) is 21.7 Å². The fraction of sp³-hybridized carbons (Fsp3) is 0.148. The first-order chi connectivity index (χ1) is 17.0. The Kier molecular flexibility index (Phi) is 7.84. The van der Waals surface area contributed by atoms with E-state index in [1.807, 2.05) is 36.4 Å². The van der Waals surface area contributed by atoms with Crippen molar-refractivity contribution in [3.63, 3.8) is 0 Å². The van der Waals surface area contributed by atoms with Gasteiger partial charge in [0.1, 0.15) is 11.5 Å². The van der Waals surface area contributed by atoms with Gasteiger partial charge in [-0.15, -0.1) is 0 Å². The smallest absolute Gasteiger partial charge is 0.270 e. The summed E-state index contributed by atoms with van der Waals surface area (Å²) in [5.41, 5.74) is 3.47. The minimum Gasteiger partial charge on any atom is -0.497 e. The van der Waals surface area contributed by atoms with Crippen molar-refractivity contribution in [2.75, 3.05) is 23.9 Å². The summed E-state index contributed by atoms with van der Waals surface area (Å²) < 4.78 is 11.2. The minimum atomic E-state index is -0.236. The number of rotatable bonds is 8. The summed E-state index contributed by atoms with van der Waals surface area (Å²) in [7, 11) is 1.59. The Morgan fingerprint density at radius 2 is 1.66 bits per heavy atom. The number of carbonyl (C=O) groups is 2. The second-order valence-electron chi connectivity index (χ2n) is 7.67. The van der Waals surface area contributed by atoms with Crippen LogP contribution in [0.3, 0.4) is 0 Å². The van der Waals surface area contributed by atoms with E-state index in [1.54, 1.807) is 49.6 Å². The molecule has 3 aromatic rings. The van der Waals surface area contributed by atoms with Gasteiger partial charge in [-0.25, -0.2) is 0 Å². The van der Waals surface area contributed by atoms with Crippen LogP contribution in [0, 0.1) is 0 Å². The molecule has 8 heteroatoms. The molecule has 0 aromatic heterocycles. The minimum absolute atomic E-state index is 0.102. The zero-order valence-corrected chi connectivity index (χ0v) is 20.9. The Balaban J connectivity index is 1.34. The molecule has 178 valence electrons. The summed E-state index contributed by atoms with van der Waals surface area (Å²) in [5, 5.41) is 2.82. The number of thioether (sulfide) groups is 1. The van der Waals surface area contributed by atoms with E-state index in [0.29, 0.717) is 26.4 Å². The molecule has 2 amide bonds. The lowest BCUT2D eigenvalue weighted by Crippen LogP contribution is -2.27. The third kappa shape index (κ3) is 6.09. The van der Waals surface area contributed by atoms with Gasteiger partial charge in [0, 0.05) is 5.69 Å². The van der Waals surface area contributed by atoms with Crippen LogP contribution in [0.2, 0.25) is 0 Å². The molecule has 1 fully saturated rings. The number of aryl methyl sites for hydroxylation is 1. The quantitative estimate of drug-likeness (QED) is 0.314. The number of nitrogens with zero attached hydrogens (tertiary/aromatic N) is 1. The van der Waals surface area contributed by atoms with Gasteiger partial charge >= 0.3 is 0 Å². The summed E-state index contributed by atoms with van der Waals surface area (Å²) in [6.07, 6.45) is 2.74. The van der Waals surface area contributed by atoms with Gasteiger partial charge in [-0.2, -0.15) is 0 Å². The number of amides is 2. The van der Waals surface area contributed by atoms with Crippen LogP contribution in [0.1, 0.15) is 18.1 Å². The van der Waals surface area contributed by atoms with E-state index in [-0.39, 0.29) is 18.4 Å². The zero-order valence-electron chi connectivity index (χ0n) is 19.3. The lowest BCUT2D eigenvalue weighted by Gasteiger charge is -2.14. The largest absolute Gasteiger partial charge is 0.497 e.